The highest BCUT2D eigenvalue weighted by Crippen LogP contribution is 2.23. The summed E-state index contributed by atoms with van der Waals surface area (Å²) in [5.41, 5.74) is 0.835. The molecule has 0 bridgehead atoms. The summed E-state index contributed by atoms with van der Waals surface area (Å²) in [7, 11) is 3.42. The first-order chi connectivity index (χ1) is 8.60. The van der Waals surface area contributed by atoms with Crippen LogP contribution >= 0.6 is 23.2 Å². The average Bonchev–Trinajstić information content (AvgIpc) is 2.69. The van der Waals surface area contributed by atoms with E-state index < -0.39 is 0 Å². The summed E-state index contributed by atoms with van der Waals surface area (Å²) in [5.74, 6) is 1.27. The van der Waals surface area contributed by atoms with Crippen LogP contribution in [0, 0.1) is 0 Å². The predicted octanol–water partition coefficient (Wildman–Crippen LogP) is 2.74. The Hall–Kier alpha value is -1.46. The van der Waals surface area contributed by atoms with Crippen LogP contribution in [0.5, 0.6) is 5.88 Å². The highest BCUT2D eigenvalue weighted by Gasteiger charge is 2.07. The zero-order valence-corrected chi connectivity index (χ0v) is 11.5. The maximum atomic E-state index is 6.00. The van der Waals surface area contributed by atoms with Crippen LogP contribution in [0.4, 0.5) is 5.82 Å². The molecule has 0 spiro atoms. The Morgan fingerprint density at radius 3 is 2.78 bits per heavy atom. The molecule has 0 amide bonds. The molecule has 0 aliphatic carbocycles. The van der Waals surface area contributed by atoms with Crippen LogP contribution in [0.1, 0.15) is 5.69 Å². The van der Waals surface area contributed by atoms with E-state index in [0.29, 0.717) is 28.3 Å². The van der Waals surface area contributed by atoms with Gasteiger partial charge >= 0.3 is 0 Å². The maximum Gasteiger partial charge on any atom is 0.211 e. The number of anilines is 1. The predicted molar refractivity (Wildman–Crippen MR) is 71.3 cm³/mol. The Morgan fingerprint density at radius 2 is 2.17 bits per heavy atom. The van der Waals surface area contributed by atoms with E-state index in [4.69, 9.17) is 27.9 Å². The lowest BCUT2D eigenvalue weighted by Gasteiger charge is -2.05. The van der Waals surface area contributed by atoms with Crippen molar-refractivity contribution in [2.75, 3.05) is 12.4 Å². The van der Waals surface area contributed by atoms with Crippen LogP contribution in [0.2, 0.25) is 10.0 Å². The van der Waals surface area contributed by atoms with Gasteiger partial charge in [-0.05, 0) is 6.07 Å². The number of methoxy groups -OCH3 is 1. The molecular formula is C11H12Cl2N4O. The van der Waals surface area contributed by atoms with Gasteiger partial charge in [0.2, 0.25) is 5.88 Å². The van der Waals surface area contributed by atoms with Crippen molar-refractivity contribution in [1.82, 2.24) is 14.8 Å². The molecule has 0 radical (unpaired) electrons. The lowest BCUT2D eigenvalue weighted by molar-refractivity contribution is 0.373. The quantitative estimate of drug-likeness (QED) is 0.939. The molecule has 2 aromatic heterocycles. The van der Waals surface area contributed by atoms with E-state index >= 15 is 0 Å². The van der Waals surface area contributed by atoms with Gasteiger partial charge in [-0.15, -0.1) is 0 Å². The lowest BCUT2D eigenvalue weighted by atomic mass is 10.4. The number of halogens is 2. The van der Waals surface area contributed by atoms with Crippen LogP contribution in [0.15, 0.2) is 18.3 Å². The molecule has 0 saturated carbocycles. The molecule has 2 heterocycles. The van der Waals surface area contributed by atoms with Crippen molar-refractivity contribution in [3.8, 4) is 5.88 Å². The second kappa shape index (κ2) is 5.46. The molecule has 1 N–H and O–H groups in total. The summed E-state index contributed by atoms with van der Waals surface area (Å²) >= 11 is 11.8. The second-order valence-electron chi connectivity index (χ2n) is 3.64. The van der Waals surface area contributed by atoms with E-state index in [1.807, 2.05) is 13.1 Å². The standard InChI is InChI=1S/C11H12Cl2N4O/c1-17-10(18-2)4-8(16-17)6-15-11-9(13)3-7(12)5-14-11/h3-5H,6H2,1-2H3,(H,14,15). The summed E-state index contributed by atoms with van der Waals surface area (Å²) in [6.07, 6.45) is 1.54. The minimum absolute atomic E-state index is 0.477. The topological polar surface area (TPSA) is 52.0 Å². The van der Waals surface area contributed by atoms with Crippen LogP contribution < -0.4 is 10.1 Å². The zero-order valence-electron chi connectivity index (χ0n) is 9.94. The van der Waals surface area contributed by atoms with Gasteiger partial charge in [0.05, 0.1) is 29.4 Å². The number of rotatable bonds is 4. The fourth-order valence-corrected chi connectivity index (χ4v) is 1.95. The van der Waals surface area contributed by atoms with E-state index in [-0.39, 0.29) is 0 Å². The SMILES string of the molecule is COc1cc(CNc2ncc(Cl)cc2Cl)nn1C. The smallest absolute Gasteiger partial charge is 0.211 e. The fourth-order valence-electron chi connectivity index (χ4n) is 1.50. The van der Waals surface area contributed by atoms with Gasteiger partial charge in [0.15, 0.2) is 0 Å². The number of nitrogens with zero attached hydrogens (tertiary/aromatic N) is 3. The summed E-state index contributed by atoms with van der Waals surface area (Å²) in [5, 5.41) is 8.35. The highest BCUT2D eigenvalue weighted by atomic mass is 35.5. The van der Waals surface area contributed by atoms with Gasteiger partial charge in [0.1, 0.15) is 5.82 Å². The molecule has 0 atom stereocenters. The molecule has 96 valence electrons. The Morgan fingerprint density at radius 1 is 1.39 bits per heavy atom. The molecule has 0 aromatic carbocycles. The third-order valence-electron chi connectivity index (χ3n) is 2.34. The number of hydrogen-bond donors (Lipinski definition) is 1. The molecule has 18 heavy (non-hydrogen) atoms. The van der Waals surface area contributed by atoms with Gasteiger partial charge in [0.25, 0.3) is 0 Å². The number of hydrogen-bond acceptors (Lipinski definition) is 4. The Bertz CT molecular complexity index is 556. The number of ether oxygens (including phenoxy) is 1. The summed E-state index contributed by atoms with van der Waals surface area (Å²) < 4.78 is 6.79. The first kappa shape index (κ1) is 13.0. The lowest BCUT2D eigenvalue weighted by Crippen LogP contribution is -2.03. The van der Waals surface area contributed by atoms with Gasteiger partial charge in [-0.3, -0.25) is 0 Å². The van der Waals surface area contributed by atoms with Crippen LogP contribution in [-0.2, 0) is 13.6 Å². The first-order valence-electron chi connectivity index (χ1n) is 5.22. The molecule has 0 aliphatic rings. The molecular weight excluding hydrogens is 275 g/mol. The van der Waals surface area contributed by atoms with Crippen molar-refractivity contribution in [3.63, 3.8) is 0 Å². The van der Waals surface area contributed by atoms with E-state index in [1.54, 1.807) is 17.9 Å². The number of nitrogens with one attached hydrogen (secondary N) is 1. The van der Waals surface area contributed by atoms with Crippen molar-refractivity contribution in [3.05, 3.63) is 34.1 Å². The molecule has 2 rings (SSSR count). The molecule has 5 nitrogen and oxygen atoms in total. The van der Waals surface area contributed by atoms with Crippen LogP contribution in [-0.4, -0.2) is 21.9 Å². The van der Waals surface area contributed by atoms with Gasteiger partial charge in [-0.2, -0.15) is 5.10 Å². The second-order valence-corrected chi connectivity index (χ2v) is 4.48. The number of pyridine rings is 1. The largest absolute Gasteiger partial charge is 0.481 e. The fraction of sp³-hybridized carbons (Fsp3) is 0.273. The zero-order chi connectivity index (χ0) is 13.1. The third-order valence-corrected chi connectivity index (χ3v) is 2.84. The van der Waals surface area contributed by atoms with Crippen molar-refractivity contribution in [2.45, 2.75) is 6.54 Å². The first-order valence-corrected chi connectivity index (χ1v) is 5.97. The Labute approximate surface area is 115 Å². The van der Waals surface area contributed by atoms with Crippen molar-refractivity contribution < 1.29 is 4.74 Å². The molecule has 0 saturated heterocycles. The average molecular weight is 287 g/mol. The summed E-state index contributed by atoms with van der Waals surface area (Å²) in [4.78, 5) is 4.10. The molecule has 0 aliphatic heterocycles. The van der Waals surface area contributed by atoms with Gasteiger partial charge in [0, 0.05) is 19.3 Å². The van der Waals surface area contributed by atoms with E-state index in [9.17, 15) is 0 Å². The van der Waals surface area contributed by atoms with Crippen LogP contribution in [0.3, 0.4) is 0 Å². The summed E-state index contributed by atoms with van der Waals surface area (Å²) in [6.45, 7) is 0.506. The molecule has 0 unspecified atom stereocenters. The minimum atomic E-state index is 0.477. The normalized spacial score (nSPS) is 10.4. The van der Waals surface area contributed by atoms with Crippen molar-refractivity contribution >= 4 is 29.0 Å². The highest BCUT2D eigenvalue weighted by molar-refractivity contribution is 6.35. The molecule has 2 aromatic rings. The minimum Gasteiger partial charge on any atom is -0.481 e. The summed E-state index contributed by atoms with van der Waals surface area (Å²) in [6, 6.07) is 3.48. The van der Waals surface area contributed by atoms with Crippen molar-refractivity contribution in [2.24, 2.45) is 7.05 Å². The van der Waals surface area contributed by atoms with Gasteiger partial charge in [-0.1, -0.05) is 23.2 Å². The van der Waals surface area contributed by atoms with E-state index in [2.05, 4.69) is 15.4 Å². The Balaban J connectivity index is 2.06. The molecule has 0 fully saturated rings. The number of aryl methyl sites for hydroxylation is 1. The van der Waals surface area contributed by atoms with Crippen LogP contribution in [0.25, 0.3) is 0 Å². The van der Waals surface area contributed by atoms with E-state index in [1.165, 1.54) is 6.20 Å². The van der Waals surface area contributed by atoms with Crippen molar-refractivity contribution in [1.29, 1.82) is 0 Å². The van der Waals surface area contributed by atoms with Gasteiger partial charge in [-0.25, -0.2) is 9.67 Å². The molecule has 7 heteroatoms. The van der Waals surface area contributed by atoms with Gasteiger partial charge < -0.3 is 10.1 Å². The number of aromatic nitrogens is 3. The maximum absolute atomic E-state index is 6.00. The third kappa shape index (κ3) is 2.86. The monoisotopic (exact) mass is 286 g/mol. The Kier molecular flexibility index (Phi) is 3.93. The van der Waals surface area contributed by atoms with E-state index in [0.717, 1.165) is 5.69 Å².